The second kappa shape index (κ2) is 11.8. The molecule has 0 atom stereocenters. The highest BCUT2D eigenvalue weighted by atomic mass is 35.5. The van der Waals surface area contributed by atoms with Crippen LogP contribution in [0.15, 0.2) is 18.2 Å². The molecule has 1 saturated heterocycles. The van der Waals surface area contributed by atoms with Crippen molar-refractivity contribution in [1.29, 1.82) is 0 Å². The highest BCUT2D eigenvalue weighted by Crippen LogP contribution is 2.31. The molecule has 0 aromatic heterocycles. The first-order valence-corrected chi connectivity index (χ1v) is 8.69. The van der Waals surface area contributed by atoms with Crippen LogP contribution in [0.2, 0.25) is 10.0 Å². The summed E-state index contributed by atoms with van der Waals surface area (Å²) in [6.07, 6.45) is 1.09. The van der Waals surface area contributed by atoms with Crippen molar-refractivity contribution >= 4 is 41.5 Å². The lowest BCUT2D eigenvalue weighted by atomic mass is 10.3. The van der Waals surface area contributed by atoms with Crippen molar-refractivity contribution in [2.24, 2.45) is 0 Å². The van der Waals surface area contributed by atoms with Gasteiger partial charge in [0.1, 0.15) is 10.8 Å². The van der Waals surface area contributed by atoms with Crippen LogP contribution in [-0.2, 0) is 4.79 Å². The van der Waals surface area contributed by atoms with E-state index in [1.165, 1.54) is 0 Å². The third-order valence-corrected chi connectivity index (χ3v) is 4.48. The number of nitrogens with zero attached hydrogens (tertiary/aromatic N) is 1. The first-order valence-electron chi connectivity index (χ1n) is 7.93. The number of rotatable bonds is 8. The Hall–Kier alpha value is -0.720. The number of hydrogen-bond donors (Lipinski definition) is 2. The molecular weight excluding hydrogens is 373 g/mol. The number of halogens is 3. The number of hydrogen-bond acceptors (Lipinski definition) is 4. The fourth-order valence-electron chi connectivity index (χ4n) is 2.39. The Labute approximate surface area is 159 Å². The van der Waals surface area contributed by atoms with E-state index in [4.69, 9.17) is 27.9 Å². The number of benzene rings is 1. The van der Waals surface area contributed by atoms with Crippen molar-refractivity contribution in [3.63, 3.8) is 0 Å². The average Bonchev–Trinajstić information content (AvgIpc) is 2.56. The van der Waals surface area contributed by atoms with Crippen molar-refractivity contribution in [3.05, 3.63) is 28.2 Å². The van der Waals surface area contributed by atoms with Gasteiger partial charge in [-0.15, -0.1) is 12.4 Å². The van der Waals surface area contributed by atoms with Gasteiger partial charge in [0.2, 0.25) is 5.91 Å². The maximum atomic E-state index is 11.8. The molecule has 1 fully saturated rings. The van der Waals surface area contributed by atoms with Crippen molar-refractivity contribution in [2.45, 2.75) is 12.8 Å². The van der Waals surface area contributed by atoms with Crippen LogP contribution in [0.25, 0.3) is 0 Å². The van der Waals surface area contributed by atoms with E-state index < -0.39 is 0 Å². The minimum atomic E-state index is 0. The minimum Gasteiger partial charge on any atom is -0.492 e. The highest BCUT2D eigenvalue weighted by molar-refractivity contribution is 6.42. The molecule has 0 aliphatic carbocycles. The molecule has 1 heterocycles. The van der Waals surface area contributed by atoms with Gasteiger partial charge in [0.15, 0.2) is 0 Å². The molecule has 1 aromatic rings. The van der Waals surface area contributed by atoms with Gasteiger partial charge >= 0.3 is 0 Å². The van der Waals surface area contributed by atoms with Crippen LogP contribution >= 0.6 is 35.6 Å². The van der Waals surface area contributed by atoms with Gasteiger partial charge in [0, 0.05) is 45.7 Å². The number of carbonyl (C=O) groups is 1. The summed E-state index contributed by atoms with van der Waals surface area (Å²) in [4.78, 5) is 14.1. The molecule has 0 unspecified atom stereocenters. The Balaban J connectivity index is 0.00000288. The minimum absolute atomic E-state index is 0. The van der Waals surface area contributed by atoms with Crippen LogP contribution < -0.4 is 15.4 Å². The van der Waals surface area contributed by atoms with E-state index in [-0.39, 0.29) is 18.3 Å². The quantitative estimate of drug-likeness (QED) is 0.663. The number of piperazine rings is 1. The van der Waals surface area contributed by atoms with E-state index in [1.54, 1.807) is 18.2 Å². The lowest BCUT2D eigenvalue weighted by Crippen LogP contribution is -2.46. The van der Waals surface area contributed by atoms with Crippen LogP contribution in [0, 0.1) is 0 Å². The van der Waals surface area contributed by atoms with Gasteiger partial charge in [-0.1, -0.05) is 29.3 Å². The van der Waals surface area contributed by atoms with Gasteiger partial charge in [-0.25, -0.2) is 0 Å². The third kappa shape index (κ3) is 7.45. The fraction of sp³-hybridized carbons (Fsp3) is 0.562. The maximum absolute atomic E-state index is 11.8. The predicted octanol–water partition coefficient (Wildman–Crippen LogP) is 2.60. The fourth-order valence-corrected chi connectivity index (χ4v) is 2.73. The molecule has 24 heavy (non-hydrogen) atoms. The number of carbonyl (C=O) groups excluding carboxylic acids is 1. The first kappa shape index (κ1) is 21.3. The lowest BCUT2D eigenvalue weighted by Gasteiger charge is -2.27. The van der Waals surface area contributed by atoms with Gasteiger partial charge in [0.25, 0.3) is 0 Å². The van der Waals surface area contributed by atoms with E-state index in [0.717, 1.165) is 32.7 Å². The van der Waals surface area contributed by atoms with Crippen LogP contribution in [0.1, 0.15) is 12.8 Å². The third-order valence-electron chi connectivity index (χ3n) is 3.68. The Kier molecular flexibility index (Phi) is 10.5. The molecule has 1 aromatic carbocycles. The first-order chi connectivity index (χ1) is 11.2. The zero-order valence-corrected chi connectivity index (χ0v) is 15.9. The molecule has 1 aliphatic rings. The Morgan fingerprint density at radius 3 is 2.79 bits per heavy atom. The highest BCUT2D eigenvalue weighted by Gasteiger charge is 2.09. The Bertz CT molecular complexity index is 511. The van der Waals surface area contributed by atoms with Gasteiger partial charge < -0.3 is 15.4 Å². The van der Waals surface area contributed by atoms with Crippen molar-refractivity contribution in [3.8, 4) is 5.75 Å². The second-order valence-corrected chi connectivity index (χ2v) is 6.23. The molecule has 0 spiro atoms. The van der Waals surface area contributed by atoms with E-state index >= 15 is 0 Å². The van der Waals surface area contributed by atoms with Gasteiger partial charge in [0.05, 0.1) is 11.6 Å². The zero-order valence-electron chi connectivity index (χ0n) is 13.5. The van der Waals surface area contributed by atoms with Crippen LogP contribution in [0.5, 0.6) is 5.75 Å². The monoisotopic (exact) mass is 395 g/mol. The van der Waals surface area contributed by atoms with Gasteiger partial charge in [-0.2, -0.15) is 0 Å². The van der Waals surface area contributed by atoms with E-state index in [2.05, 4.69) is 15.5 Å². The standard InChI is InChI=1S/C16H23Cl2N3O2.ClH/c17-13-3-1-4-14(16(13)18)23-12-2-5-15(22)20-8-11-21-9-6-19-7-10-21;/h1,3-4,19H,2,5-12H2,(H,20,22);1H. The Morgan fingerprint density at radius 2 is 2.04 bits per heavy atom. The number of amides is 1. The summed E-state index contributed by atoms with van der Waals surface area (Å²) in [7, 11) is 0. The van der Waals surface area contributed by atoms with Crippen LogP contribution in [0.4, 0.5) is 0 Å². The summed E-state index contributed by atoms with van der Waals surface area (Å²) in [5.74, 6) is 0.610. The SMILES string of the molecule is Cl.O=C(CCCOc1cccc(Cl)c1Cl)NCCN1CCNCC1. The van der Waals surface area contributed by atoms with Crippen molar-refractivity contribution in [1.82, 2.24) is 15.5 Å². The molecule has 2 rings (SSSR count). The zero-order chi connectivity index (χ0) is 16.5. The van der Waals surface area contributed by atoms with Crippen molar-refractivity contribution in [2.75, 3.05) is 45.9 Å². The predicted molar refractivity (Wildman–Crippen MR) is 101 cm³/mol. The molecule has 8 heteroatoms. The molecule has 0 saturated carbocycles. The molecule has 1 aliphatic heterocycles. The van der Waals surface area contributed by atoms with Gasteiger partial charge in [-0.3, -0.25) is 9.69 Å². The summed E-state index contributed by atoms with van der Waals surface area (Å²) in [6, 6.07) is 5.26. The van der Waals surface area contributed by atoms with Crippen molar-refractivity contribution < 1.29 is 9.53 Å². The second-order valence-electron chi connectivity index (χ2n) is 5.45. The summed E-state index contributed by atoms with van der Waals surface area (Å²) < 4.78 is 5.56. The van der Waals surface area contributed by atoms with Crippen LogP contribution in [-0.4, -0.2) is 56.7 Å². The average molecular weight is 397 g/mol. The molecule has 2 N–H and O–H groups in total. The van der Waals surface area contributed by atoms with Crippen LogP contribution in [0.3, 0.4) is 0 Å². The van der Waals surface area contributed by atoms with E-state index in [9.17, 15) is 4.79 Å². The van der Waals surface area contributed by atoms with Gasteiger partial charge in [-0.05, 0) is 18.6 Å². The largest absolute Gasteiger partial charge is 0.492 e. The topological polar surface area (TPSA) is 53.6 Å². The molecule has 0 bridgehead atoms. The number of ether oxygens (including phenoxy) is 1. The molecule has 0 radical (unpaired) electrons. The normalized spacial score (nSPS) is 14.8. The summed E-state index contributed by atoms with van der Waals surface area (Å²) in [6.45, 7) is 6.18. The molecule has 5 nitrogen and oxygen atoms in total. The summed E-state index contributed by atoms with van der Waals surface area (Å²) >= 11 is 11.9. The summed E-state index contributed by atoms with van der Waals surface area (Å²) in [5.41, 5.74) is 0. The smallest absolute Gasteiger partial charge is 0.220 e. The Morgan fingerprint density at radius 1 is 1.29 bits per heavy atom. The summed E-state index contributed by atoms with van der Waals surface area (Å²) in [5, 5.41) is 7.13. The maximum Gasteiger partial charge on any atom is 0.220 e. The lowest BCUT2D eigenvalue weighted by molar-refractivity contribution is -0.121. The molecular formula is C16H24Cl3N3O2. The van der Waals surface area contributed by atoms with E-state index in [1.807, 2.05) is 0 Å². The molecule has 1 amide bonds. The number of nitrogens with one attached hydrogen (secondary N) is 2. The van der Waals surface area contributed by atoms with E-state index in [0.29, 0.717) is 41.8 Å². The molecule has 136 valence electrons.